The van der Waals surface area contributed by atoms with E-state index in [-0.39, 0.29) is 23.2 Å². The number of nitrogen functional groups attached to an aromatic ring is 1. The van der Waals surface area contributed by atoms with Gasteiger partial charge in [0.15, 0.2) is 0 Å². The van der Waals surface area contributed by atoms with Crippen LogP contribution in [0, 0.1) is 24.0 Å². The van der Waals surface area contributed by atoms with Crippen molar-refractivity contribution in [1.82, 2.24) is 9.97 Å². The molecule has 0 saturated carbocycles. The molecule has 0 saturated heterocycles. The number of halogens is 1. The van der Waals surface area contributed by atoms with E-state index in [1.165, 1.54) is 6.92 Å². The van der Waals surface area contributed by atoms with Gasteiger partial charge in [-0.25, -0.2) is 4.98 Å². The Morgan fingerprint density at radius 2 is 2.05 bits per heavy atom. The highest BCUT2D eigenvalue weighted by atomic mass is 35.5. The van der Waals surface area contributed by atoms with Gasteiger partial charge in [-0.05, 0) is 37.6 Å². The van der Waals surface area contributed by atoms with E-state index in [0.717, 1.165) is 5.56 Å². The lowest BCUT2D eigenvalue weighted by Crippen LogP contribution is -2.05. The molecule has 20 heavy (non-hydrogen) atoms. The first kappa shape index (κ1) is 14.0. The summed E-state index contributed by atoms with van der Waals surface area (Å²) < 4.78 is 5.49. The molecule has 2 rings (SSSR count). The standard InChI is InChI=1S/C12H11ClN4O3/c1-6-5-8(13)3-4-9(6)20-11-10(17(18)19)7(2)15-12(14)16-11/h3-5H,1-2H3,(H2,14,15,16). The molecule has 0 aliphatic carbocycles. The van der Waals surface area contributed by atoms with Crippen molar-refractivity contribution in [3.05, 3.63) is 44.6 Å². The second kappa shape index (κ2) is 5.30. The third-order valence-electron chi connectivity index (χ3n) is 2.57. The zero-order chi connectivity index (χ0) is 14.9. The molecule has 0 amide bonds. The minimum atomic E-state index is -0.602. The van der Waals surface area contributed by atoms with E-state index in [0.29, 0.717) is 10.8 Å². The van der Waals surface area contributed by atoms with Crippen LogP contribution in [-0.4, -0.2) is 14.9 Å². The maximum absolute atomic E-state index is 11.1. The summed E-state index contributed by atoms with van der Waals surface area (Å²) in [5.41, 5.74) is 6.05. The molecule has 0 bridgehead atoms. The third kappa shape index (κ3) is 2.77. The average molecular weight is 295 g/mol. The van der Waals surface area contributed by atoms with Gasteiger partial charge in [0.05, 0.1) is 4.92 Å². The molecule has 1 aromatic heterocycles. The highest BCUT2D eigenvalue weighted by molar-refractivity contribution is 6.30. The number of nitro groups is 1. The van der Waals surface area contributed by atoms with Crippen LogP contribution in [0.2, 0.25) is 5.02 Å². The highest BCUT2D eigenvalue weighted by Gasteiger charge is 2.24. The Morgan fingerprint density at radius 1 is 1.35 bits per heavy atom. The molecule has 8 heteroatoms. The maximum atomic E-state index is 11.1. The fourth-order valence-corrected chi connectivity index (χ4v) is 1.90. The van der Waals surface area contributed by atoms with Gasteiger partial charge in [-0.1, -0.05) is 11.6 Å². The summed E-state index contributed by atoms with van der Waals surface area (Å²) in [7, 11) is 0. The van der Waals surface area contributed by atoms with E-state index in [1.807, 2.05) is 0 Å². The summed E-state index contributed by atoms with van der Waals surface area (Å²) in [6, 6.07) is 4.91. The largest absolute Gasteiger partial charge is 0.433 e. The van der Waals surface area contributed by atoms with Gasteiger partial charge in [0.25, 0.3) is 0 Å². The zero-order valence-corrected chi connectivity index (χ0v) is 11.5. The molecule has 7 nitrogen and oxygen atoms in total. The fourth-order valence-electron chi connectivity index (χ4n) is 1.67. The Hall–Kier alpha value is -2.41. The number of ether oxygens (including phenoxy) is 1. The molecule has 0 fully saturated rings. The summed E-state index contributed by atoms with van der Waals surface area (Å²) in [4.78, 5) is 18.0. The molecule has 1 heterocycles. The van der Waals surface area contributed by atoms with Crippen LogP contribution in [0.25, 0.3) is 0 Å². The molecule has 2 aromatic rings. The Labute approximate surface area is 119 Å². The minimum Gasteiger partial charge on any atom is -0.433 e. The number of nitrogens with zero attached hydrogens (tertiary/aromatic N) is 3. The van der Waals surface area contributed by atoms with Gasteiger partial charge in [0, 0.05) is 5.02 Å². The lowest BCUT2D eigenvalue weighted by atomic mass is 10.2. The van der Waals surface area contributed by atoms with Crippen LogP contribution < -0.4 is 10.5 Å². The van der Waals surface area contributed by atoms with Gasteiger partial charge < -0.3 is 10.5 Å². The number of aryl methyl sites for hydroxylation is 2. The lowest BCUT2D eigenvalue weighted by Gasteiger charge is -2.09. The van der Waals surface area contributed by atoms with Gasteiger partial charge in [-0.15, -0.1) is 0 Å². The number of rotatable bonds is 3. The molecule has 0 spiro atoms. The van der Waals surface area contributed by atoms with Crippen molar-refractivity contribution in [2.75, 3.05) is 5.73 Å². The first-order chi connectivity index (χ1) is 9.38. The van der Waals surface area contributed by atoms with Gasteiger partial charge in [0.1, 0.15) is 11.4 Å². The van der Waals surface area contributed by atoms with E-state index in [1.54, 1.807) is 25.1 Å². The van der Waals surface area contributed by atoms with Gasteiger partial charge >= 0.3 is 11.6 Å². The number of aromatic nitrogens is 2. The van der Waals surface area contributed by atoms with Gasteiger partial charge in [0.2, 0.25) is 5.95 Å². The zero-order valence-electron chi connectivity index (χ0n) is 10.8. The summed E-state index contributed by atoms with van der Waals surface area (Å²) in [6.45, 7) is 3.24. The average Bonchev–Trinajstić information content (AvgIpc) is 2.31. The Bertz CT molecular complexity index is 691. The lowest BCUT2D eigenvalue weighted by molar-refractivity contribution is -0.386. The first-order valence-electron chi connectivity index (χ1n) is 5.61. The van der Waals surface area contributed by atoms with Crippen molar-refractivity contribution in [2.24, 2.45) is 0 Å². The molecular formula is C12H11ClN4O3. The minimum absolute atomic E-state index is 0.0882. The van der Waals surface area contributed by atoms with Crippen LogP contribution in [0.1, 0.15) is 11.3 Å². The molecule has 2 N–H and O–H groups in total. The molecule has 0 aliphatic heterocycles. The first-order valence-corrected chi connectivity index (χ1v) is 5.99. The Balaban J connectivity index is 2.50. The monoisotopic (exact) mass is 294 g/mol. The summed E-state index contributed by atoms with van der Waals surface area (Å²) in [5, 5.41) is 11.6. The third-order valence-corrected chi connectivity index (χ3v) is 2.80. The van der Waals surface area contributed by atoms with Crippen molar-refractivity contribution >= 4 is 23.2 Å². The fraction of sp³-hybridized carbons (Fsp3) is 0.167. The van der Waals surface area contributed by atoms with E-state index in [9.17, 15) is 10.1 Å². The number of hydrogen-bond donors (Lipinski definition) is 1. The molecule has 0 aliphatic rings. The number of nitrogens with two attached hydrogens (primary N) is 1. The molecular weight excluding hydrogens is 284 g/mol. The van der Waals surface area contributed by atoms with Crippen LogP contribution in [-0.2, 0) is 0 Å². The number of anilines is 1. The molecule has 0 unspecified atom stereocenters. The van der Waals surface area contributed by atoms with Crippen molar-refractivity contribution in [3.8, 4) is 11.6 Å². The quantitative estimate of drug-likeness (QED) is 0.689. The smallest absolute Gasteiger partial charge is 0.352 e. The predicted octanol–water partition coefficient (Wildman–Crippen LogP) is 3.03. The molecule has 104 valence electrons. The predicted molar refractivity (Wildman–Crippen MR) is 74.1 cm³/mol. The normalized spacial score (nSPS) is 10.3. The molecule has 1 aromatic carbocycles. The topological polar surface area (TPSA) is 104 Å². The Morgan fingerprint density at radius 3 is 2.65 bits per heavy atom. The van der Waals surface area contributed by atoms with Crippen LogP contribution in [0.3, 0.4) is 0 Å². The summed E-state index contributed by atoms with van der Waals surface area (Å²) in [6.07, 6.45) is 0. The van der Waals surface area contributed by atoms with Crippen molar-refractivity contribution < 1.29 is 9.66 Å². The van der Waals surface area contributed by atoms with E-state index >= 15 is 0 Å². The van der Waals surface area contributed by atoms with Crippen molar-refractivity contribution in [3.63, 3.8) is 0 Å². The summed E-state index contributed by atoms with van der Waals surface area (Å²) in [5.74, 6) is 0.134. The number of benzene rings is 1. The van der Waals surface area contributed by atoms with Crippen molar-refractivity contribution in [2.45, 2.75) is 13.8 Å². The highest BCUT2D eigenvalue weighted by Crippen LogP contribution is 2.33. The van der Waals surface area contributed by atoms with Gasteiger partial charge in [-0.2, -0.15) is 4.98 Å². The van der Waals surface area contributed by atoms with Crippen LogP contribution >= 0.6 is 11.6 Å². The van der Waals surface area contributed by atoms with Crippen LogP contribution in [0.5, 0.6) is 11.6 Å². The SMILES string of the molecule is Cc1cc(Cl)ccc1Oc1nc(N)nc(C)c1[N+](=O)[O-]. The molecule has 0 atom stereocenters. The van der Waals surface area contributed by atoms with E-state index < -0.39 is 4.92 Å². The van der Waals surface area contributed by atoms with Crippen LogP contribution in [0.4, 0.5) is 11.6 Å². The number of hydrogen-bond acceptors (Lipinski definition) is 6. The van der Waals surface area contributed by atoms with E-state index in [4.69, 9.17) is 22.1 Å². The maximum Gasteiger partial charge on any atom is 0.352 e. The van der Waals surface area contributed by atoms with Crippen molar-refractivity contribution in [1.29, 1.82) is 0 Å². The van der Waals surface area contributed by atoms with Gasteiger partial charge in [-0.3, -0.25) is 10.1 Å². The van der Waals surface area contributed by atoms with Crippen LogP contribution in [0.15, 0.2) is 18.2 Å². The second-order valence-corrected chi connectivity index (χ2v) is 4.53. The van der Waals surface area contributed by atoms with E-state index in [2.05, 4.69) is 9.97 Å². The Kier molecular flexibility index (Phi) is 3.71. The summed E-state index contributed by atoms with van der Waals surface area (Å²) >= 11 is 5.84. The molecule has 0 radical (unpaired) electrons. The second-order valence-electron chi connectivity index (χ2n) is 4.09.